The van der Waals surface area contributed by atoms with E-state index in [4.69, 9.17) is 5.26 Å². The number of aryl methyl sites for hydroxylation is 1. The maximum atomic E-state index is 12.9. The number of benzene rings is 1. The molecule has 1 fully saturated rings. The number of carbonyl (C=O) groups is 1. The van der Waals surface area contributed by atoms with Crippen molar-refractivity contribution >= 4 is 11.8 Å². The molecule has 0 bridgehead atoms. The summed E-state index contributed by atoms with van der Waals surface area (Å²) in [6.07, 6.45) is 5.69. The molecule has 0 aliphatic carbocycles. The molecule has 1 aromatic carbocycles. The molecule has 168 valence electrons. The molecule has 1 unspecified atom stereocenters. The average molecular weight is 441 g/mol. The Balaban J connectivity index is 1.33. The second-order valence-electron chi connectivity index (χ2n) is 8.39. The molecule has 1 aliphatic rings. The maximum Gasteiger partial charge on any atom is 0.315 e. The Labute approximate surface area is 194 Å². The topological polar surface area (TPSA) is 93.9 Å². The summed E-state index contributed by atoms with van der Waals surface area (Å²) in [5.74, 6) is 0.866. The van der Waals surface area contributed by atoms with E-state index in [0.29, 0.717) is 12.0 Å². The molecular formula is C26H28N6O. The number of pyridine rings is 2. The summed E-state index contributed by atoms with van der Waals surface area (Å²) < 4.78 is 0. The van der Waals surface area contributed by atoms with Gasteiger partial charge in [0.15, 0.2) is 0 Å². The Morgan fingerprint density at radius 1 is 1.12 bits per heavy atom. The van der Waals surface area contributed by atoms with Gasteiger partial charge in [0.05, 0.1) is 17.3 Å². The molecule has 2 amide bonds. The van der Waals surface area contributed by atoms with Gasteiger partial charge in [-0.25, -0.2) is 9.78 Å². The van der Waals surface area contributed by atoms with Crippen LogP contribution in [0, 0.1) is 18.3 Å². The van der Waals surface area contributed by atoms with Crippen LogP contribution in [0.5, 0.6) is 0 Å². The summed E-state index contributed by atoms with van der Waals surface area (Å²) in [7, 11) is 0. The number of urea groups is 1. The zero-order valence-electron chi connectivity index (χ0n) is 18.7. The predicted molar refractivity (Wildman–Crippen MR) is 128 cm³/mol. The Morgan fingerprint density at radius 3 is 2.55 bits per heavy atom. The van der Waals surface area contributed by atoms with Gasteiger partial charge in [-0.3, -0.25) is 4.98 Å². The van der Waals surface area contributed by atoms with Crippen LogP contribution in [0.4, 0.5) is 10.6 Å². The van der Waals surface area contributed by atoms with E-state index in [1.807, 2.05) is 24.3 Å². The second kappa shape index (κ2) is 10.6. The first kappa shape index (κ1) is 22.3. The fourth-order valence-electron chi connectivity index (χ4n) is 4.05. The van der Waals surface area contributed by atoms with Gasteiger partial charge in [-0.2, -0.15) is 5.26 Å². The van der Waals surface area contributed by atoms with Gasteiger partial charge in [-0.05, 0) is 56.0 Å². The van der Waals surface area contributed by atoms with Gasteiger partial charge in [-0.1, -0.05) is 35.9 Å². The summed E-state index contributed by atoms with van der Waals surface area (Å²) in [5, 5.41) is 15.2. The van der Waals surface area contributed by atoms with Crippen molar-refractivity contribution in [2.45, 2.75) is 38.3 Å². The fourth-order valence-corrected chi connectivity index (χ4v) is 4.05. The molecule has 0 spiro atoms. The first-order valence-electron chi connectivity index (χ1n) is 11.3. The molecule has 7 heteroatoms. The smallest absolute Gasteiger partial charge is 0.315 e. The minimum atomic E-state index is -0.211. The molecule has 3 aromatic rings. The van der Waals surface area contributed by atoms with Gasteiger partial charge in [0.25, 0.3) is 0 Å². The molecule has 4 rings (SSSR count). The number of rotatable bonds is 6. The number of piperidine rings is 1. The number of hydrogen-bond donors (Lipinski definition) is 2. The number of carbonyl (C=O) groups excluding carboxylic acids is 1. The lowest BCUT2D eigenvalue weighted by Crippen LogP contribution is -2.49. The first-order chi connectivity index (χ1) is 16.1. The number of hydrogen-bond acceptors (Lipinski definition) is 5. The zero-order chi connectivity index (χ0) is 23.0. The van der Waals surface area contributed by atoms with Crippen molar-refractivity contribution < 1.29 is 4.79 Å². The highest BCUT2D eigenvalue weighted by molar-refractivity contribution is 5.74. The van der Waals surface area contributed by atoms with E-state index in [2.05, 4.69) is 62.8 Å². The highest BCUT2D eigenvalue weighted by Crippen LogP contribution is 2.19. The molecule has 1 saturated heterocycles. The Morgan fingerprint density at radius 2 is 1.91 bits per heavy atom. The van der Waals surface area contributed by atoms with Gasteiger partial charge < -0.3 is 15.5 Å². The SMILES string of the molecule is Cc1ccc(CC(NC(=O)NC2CCN(c3ccc(C#N)cn3)CC2)c2ccccn2)cc1. The molecule has 7 nitrogen and oxygen atoms in total. The van der Waals surface area contributed by atoms with Crippen LogP contribution in [0.15, 0.2) is 67.0 Å². The van der Waals surface area contributed by atoms with Crippen LogP contribution in [-0.4, -0.2) is 35.1 Å². The van der Waals surface area contributed by atoms with Crippen LogP contribution >= 0.6 is 0 Å². The second-order valence-corrected chi connectivity index (χ2v) is 8.39. The largest absolute Gasteiger partial charge is 0.356 e. The van der Waals surface area contributed by atoms with Gasteiger partial charge in [0, 0.05) is 31.5 Å². The molecule has 2 aromatic heterocycles. The lowest BCUT2D eigenvalue weighted by Gasteiger charge is -2.33. The molecule has 3 heterocycles. The monoisotopic (exact) mass is 440 g/mol. The molecule has 0 saturated carbocycles. The predicted octanol–water partition coefficient (Wildman–Crippen LogP) is 3.91. The van der Waals surface area contributed by atoms with Crippen molar-refractivity contribution in [3.8, 4) is 6.07 Å². The summed E-state index contributed by atoms with van der Waals surface area (Å²) in [6, 6.07) is 19.6. The van der Waals surface area contributed by atoms with E-state index < -0.39 is 0 Å². The van der Waals surface area contributed by atoms with Crippen LogP contribution in [0.1, 0.15) is 41.3 Å². The van der Waals surface area contributed by atoms with Crippen molar-refractivity contribution in [1.82, 2.24) is 20.6 Å². The van der Waals surface area contributed by atoms with Gasteiger partial charge in [-0.15, -0.1) is 0 Å². The lowest BCUT2D eigenvalue weighted by atomic mass is 10.0. The van der Waals surface area contributed by atoms with E-state index in [0.717, 1.165) is 43.0 Å². The van der Waals surface area contributed by atoms with Gasteiger partial charge >= 0.3 is 6.03 Å². The first-order valence-corrected chi connectivity index (χ1v) is 11.3. The summed E-state index contributed by atoms with van der Waals surface area (Å²) in [5.41, 5.74) is 3.76. The zero-order valence-corrected chi connectivity index (χ0v) is 18.7. The Hall–Kier alpha value is -3.92. The van der Waals surface area contributed by atoms with Crippen molar-refractivity contribution in [3.63, 3.8) is 0 Å². The fraction of sp³-hybridized carbons (Fsp3) is 0.308. The van der Waals surface area contributed by atoms with E-state index in [1.165, 1.54) is 5.56 Å². The quantitative estimate of drug-likeness (QED) is 0.606. The van der Waals surface area contributed by atoms with Crippen molar-refractivity contribution in [1.29, 1.82) is 5.26 Å². The minimum Gasteiger partial charge on any atom is -0.356 e. The number of nitrogens with one attached hydrogen (secondary N) is 2. The third-order valence-corrected chi connectivity index (χ3v) is 5.94. The summed E-state index contributed by atoms with van der Waals surface area (Å²) in [6.45, 7) is 3.67. The van der Waals surface area contributed by atoms with Crippen molar-refractivity contribution in [2.75, 3.05) is 18.0 Å². The molecule has 0 radical (unpaired) electrons. The van der Waals surface area contributed by atoms with Crippen LogP contribution in [-0.2, 0) is 6.42 Å². The molecule has 1 atom stereocenters. The summed E-state index contributed by atoms with van der Waals surface area (Å²) >= 11 is 0. The lowest BCUT2D eigenvalue weighted by molar-refractivity contribution is 0.230. The molecule has 1 aliphatic heterocycles. The highest BCUT2D eigenvalue weighted by atomic mass is 16.2. The average Bonchev–Trinajstić information content (AvgIpc) is 2.86. The Kier molecular flexibility index (Phi) is 7.16. The highest BCUT2D eigenvalue weighted by Gasteiger charge is 2.23. The molecule has 33 heavy (non-hydrogen) atoms. The van der Waals surface area contributed by atoms with Gasteiger partial charge in [0.1, 0.15) is 11.9 Å². The number of aromatic nitrogens is 2. The maximum absolute atomic E-state index is 12.9. The van der Waals surface area contributed by atoms with Crippen molar-refractivity contribution in [2.24, 2.45) is 0 Å². The van der Waals surface area contributed by atoms with Crippen LogP contribution in [0.25, 0.3) is 0 Å². The van der Waals surface area contributed by atoms with E-state index >= 15 is 0 Å². The Bertz CT molecular complexity index is 1080. The van der Waals surface area contributed by atoms with E-state index in [9.17, 15) is 4.79 Å². The molecule has 2 N–H and O–H groups in total. The van der Waals surface area contributed by atoms with Crippen LogP contribution < -0.4 is 15.5 Å². The number of anilines is 1. The minimum absolute atomic E-state index is 0.100. The third-order valence-electron chi connectivity index (χ3n) is 5.94. The summed E-state index contributed by atoms with van der Waals surface area (Å²) in [4.78, 5) is 23.9. The van der Waals surface area contributed by atoms with Crippen molar-refractivity contribution in [3.05, 3.63) is 89.4 Å². The number of nitriles is 1. The molecular weight excluding hydrogens is 412 g/mol. The number of amides is 2. The van der Waals surface area contributed by atoms with Crippen LogP contribution in [0.2, 0.25) is 0 Å². The standard InChI is InChI=1S/C26H28N6O/c1-19-5-7-20(8-6-19)16-24(23-4-2-3-13-28-23)31-26(33)30-22-11-14-32(15-12-22)25-10-9-21(17-27)18-29-25/h2-10,13,18,22,24H,11-12,14-16H2,1H3,(H2,30,31,33). The van der Waals surface area contributed by atoms with Crippen LogP contribution in [0.3, 0.4) is 0 Å². The normalized spacial score (nSPS) is 14.8. The van der Waals surface area contributed by atoms with E-state index in [-0.39, 0.29) is 18.1 Å². The third kappa shape index (κ3) is 6.07. The number of nitrogens with zero attached hydrogens (tertiary/aromatic N) is 4. The van der Waals surface area contributed by atoms with Gasteiger partial charge in [0.2, 0.25) is 0 Å². The van der Waals surface area contributed by atoms with E-state index in [1.54, 1.807) is 18.5 Å².